The summed E-state index contributed by atoms with van der Waals surface area (Å²) in [4.78, 5) is 23.7. The zero-order valence-corrected chi connectivity index (χ0v) is 11.2. The molecule has 104 valence electrons. The van der Waals surface area contributed by atoms with E-state index in [-0.39, 0.29) is 12.3 Å². The molecule has 1 aromatic rings. The fraction of sp³-hybridized carbons (Fsp3) is 0.385. The molecule has 3 N–H and O–H groups in total. The number of ether oxygens (including phenoxy) is 1. The molecule has 0 atom stereocenters. The molecule has 0 aliphatic rings. The lowest BCUT2D eigenvalue weighted by Gasteiger charge is -2.16. The van der Waals surface area contributed by atoms with Gasteiger partial charge in [-0.15, -0.1) is 0 Å². The molecule has 1 aromatic carbocycles. The molecule has 3 amide bonds. The summed E-state index contributed by atoms with van der Waals surface area (Å²) in [5, 5.41) is 2.03. The molecule has 0 unspecified atom stereocenters. The zero-order chi connectivity index (χ0) is 14.3. The normalized spacial score (nSPS) is 10.3. The summed E-state index contributed by atoms with van der Waals surface area (Å²) in [5.74, 6) is 0.433. The Hall–Kier alpha value is -2.08. The van der Waals surface area contributed by atoms with Crippen LogP contribution < -0.4 is 15.8 Å². The predicted molar refractivity (Wildman–Crippen MR) is 71.7 cm³/mol. The summed E-state index contributed by atoms with van der Waals surface area (Å²) < 4.78 is 5.14. The number of rotatable bonds is 6. The van der Waals surface area contributed by atoms with Crippen LogP contribution in [0.15, 0.2) is 24.3 Å². The molecule has 0 aliphatic carbocycles. The Balaban J connectivity index is 2.40. The van der Waals surface area contributed by atoms with Crippen molar-refractivity contribution in [3.05, 3.63) is 29.8 Å². The van der Waals surface area contributed by atoms with E-state index in [4.69, 9.17) is 10.5 Å². The summed E-state index contributed by atoms with van der Waals surface area (Å²) in [6.07, 6.45) is 0.226. The molecule has 0 aliphatic heterocycles. The molecular weight excluding hydrogens is 246 g/mol. The fourth-order valence-corrected chi connectivity index (χ4v) is 1.65. The summed E-state index contributed by atoms with van der Waals surface area (Å²) in [6.45, 7) is 1.23. The van der Waals surface area contributed by atoms with Crippen LogP contribution >= 0.6 is 0 Å². The van der Waals surface area contributed by atoms with E-state index in [2.05, 4.69) is 0 Å². The second kappa shape index (κ2) is 7.38. The van der Waals surface area contributed by atoms with Gasteiger partial charge < -0.3 is 15.4 Å². The fourth-order valence-electron chi connectivity index (χ4n) is 1.65. The molecule has 0 aromatic heterocycles. The molecule has 0 saturated carbocycles. The van der Waals surface area contributed by atoms with Crippen LogP contribution in [0.25, 0.3) is 0 Å². The topological polar surface area (TPSA) is 84.7 Å². The Morgan fingerprint density at radius 3 is 2.79 bits per heavy atom. The number of carbonyl (C=O) groups excluding carboxylic acids is 2. The SMILES string of the molecule is COc1cccc(CN(C)CCC(=O)NC(N)=O)c1. The molecule has 6 nitrogen and oxygen atoms in total. The van der Waals surface area contributed by atoms with E-state index in [0.29, 0.717) is 13.1 Å². The van der Waals surface area contributed by atoms with Gasteiger partial charge in [0.05, 0.1) is 7.11 Å². The zero-order valence-electron chi connectivity index (χ0n) is 11.2. The maximum atomic E-state index is 11.3. The lowest BCUT2D eigenvalue weighted by atomic mass is 10.2. The highest BCUT2D eigenvalue weighted by Gasteiger charge is 2.07. The number of nitrogens with two attached hydrogens (primary N) is 1. The summed E-state index contributed by atoms with van der Waals surface area (Å²) in [7, 11) is 3.52. The van der Waals surface area contributed by atoms with Gasteiger partial charge in [0.1, 0.15) is 5.75 Å². The van der Waals surface area contributed by atoms with Crippen molar-refractivity contribution in [1.82, 2.24) is 10.2 Å². The minimum atomic E-state index is -0.819. The van der Waals surface area contributed by atoms with Crippen molar-refractivity contribution in [2.75, 3.05) is 20.7 Å². The highest BCUT2D eigenvalue weighted by molar-refractivity contribution is 5.93. The largest absolute Gasteiger partial charge is 0.497 e. The highest BCUT2D eigenvalue weighted by Crippen LogP contribution is 2.13. The average molecular weight is 265 g/mol. The summed E-state index contributed by atoms with van der Waals surface area (Å²) >= 11 is 0. The van der Waals surface area contributed by atoms with Crippen molar-refractivity contribution in [1.29, 1.82) is 0 Å². The van der Waals surface area contributed by atoms with Gasteiger partial charge in [0, 0.05) is 19.5 Å². The van der Waals surface area contributed by atoms with Crippen molar-refractivity contribution in [3.63, 3.8) is 0 Å². The first-order valence-electron chi connectivity index (χ1n) is 5.92. The minimum Gasteiger partial charge on any atom is -0.497 e. The lowest BCUT2D eigenvalue weighted by molar-refractivity contribution is -0.120. The number of urea groups is 1. The van der Waals surface area contributed by atoms with Crippen LogP contribution in [-0.4, -0.2) is 37.5 Å². The number of imide groups is 1. The Labute approximate surface area is 112 Å². The second-order valence-corrected chi connectivity index (χ2v) is 4.25. The van der Waals surface area contributed by atoms with E-state index in [1.807, 2.05) is 41.5 Å². The van der Waals surface area contributed by atoms with Crippen LogP contribution in [0.4, 0.5) is 4.79 Å². The van der Waals surface area contributed by atoms with Gasteiger partial charge in [0.25, 0.3) is 0 Å². The van der Waals surface area contributed by atoms with E-state index >= 15 is 0 Å². The van der Waals surface area contributed by atoms with Gasteiger partial charge in [-0.3, -0.25) is 10.1 Å². The van der Waals surface area contributed by atoms with Gasteiger partial charge in [-0.25, -0.2) is 4.79 Å². The monoisotopic (exact) mass is 265 g/mol. The number of amides is 3. The molecule has 0 bridgehead atoms. The van der Waals surface area contributed by atoms with Gasteiger partial charge in [0.15, 0.2) is 0 Å². The first-order valence-corrected chi connectivity index (χ1v) is 5.92. The molecule has 19 heavy (non-hydrogen) atoms. The van der Waals surface area contributed by atoms with E-state index in [9.17, 15) is 9.59 Å². The van der Waals surface area contributed by atoms with E-state index in [1.54, 1.807) is 7.11 Å². The Bertz CT molecular complexity index is 449. The maximum absolute atomic E-state index is 11.3. The first-order chi connectivity index (χ1) is 9.01. The number of methoxy groups -OCH3 is 1. The molecule has 0 radical (unpaired) electrons. The Morgan fingerprint density at radius 1 is 1.42 bits per heavy atom. The quantitative estimate of drug-likeness (QED) is 0.793. The highest BCUT2D eigenvalue weighted by atomic mass is 16.5. The number of hydrogen-bond donors (Lipinski definition) is 2. The minimum absolute atomic E-state index is 0.226. The number of primary amides is 1. The Morgan fingerprint density at radius 2 is 2.16 bits per heavy atom. The lowest BCUT2D eigenvalue weighted by Crippen LogP contribution is -2.36. The van der Waals surface area contributed by atoms with Crippen LogP contribution in [0.5, 0.6) is 5.75 Å². The van der Waals surface area contributed by atoms with E-state index in [0.717, 1.165) is 11.3 Å². The molecule has 0 fully saturated rings. The number of carbonyl (C=O) groups is 2. The van der Waals surface area contributed by atoms with Crippen molar-refractivity contribution in [2.24, 2.45) is 5.73 Å². The van der Waals surface area contributed by atoms with Gasteiger partial charge in [0.2, 0.25) is 5.91 Å². The van der Waals surface area contributed by atoms with Gasteiger partial charge in [-0.1, -0.05) is 12.1 Å². The number of benzene rings is 1. The van der Waals surface area contributed by atoms with Gasteiger partial charge >= 0.3 is 6.03 Å². The number of nitrogens with one attached hydrogen (secondary N) is 1. The van der Waals surface area contributed by atoms with Crippen molar-refractivity contribution in [2.45, 2.75) is 13.0 Å². The summed E-state index contributed by atoms with van der Waals surface area (Å²) in [6, 6.07) is 6.91. The third kappa shape index (κ3) is 5.87. The third-order valence-corrected chi connectivity index (χ3v) is 2.57. The second-order valence-electron chi connectivity index (χ2n) is 4.25. The van der Waals surface area contributed by atoms with Crippen molar-refractivity contribution < 1.29 is 14.3 Å². The van der Waals surface area contributed by atoms with Crippen LogP contribution in [0.2, 0.25) is 0 Å². The molecule has 1 rings (SSSR count). The van der Waals surface area contributed by atoms with Crippen molar-refractivity contribution in [3.8, 4) is 5.75 Å². The maximum Gasteiger partial charge on any atom is 0.318 e. The predicted octanol–water partition coefficient (Wildman–Crippen LogP) is 0.712. The molecule has 6 heteroatoms. The molecule has 0 saturated heterocycles. The van der Waals surface area contributed by atoms with Crippen LogP contribution in [0, 0.1) is 0 Å². The van der Waals surface area contributed by atoms with E-state index < -0.39 is 6.03 Å². The van der Waals surface area contributed by atoms with Gasteiger partial charge in [-0.05, 0) is 24.7 Å². The first kappa shape index (κ1) is 15.0. The molecule has 0 heterocycles. The molecule has 0 spiro atoms. The van der Waals surface area contributed by atoms with Crippen LogP contribution in [-0.2, 0) is 11.3 Å². The number of hydrogen-bond acceptors (Lipinski definition) is 4. The smallest absolute Gasteiger partial charge is 0.318 e. The molecular formula is C13H19N3O3. The average Bonchev–Trinajstić information content (AvgIpc) is 2.36. The van der Waals surface area contributed by atoms with Crippen molar-refractivity contribution >= 4 is 11.9 Å². The van der Waals surface area contributed by atoms with Crippen LogP contribution in [0.3, 0.4) is 0 Å². The third-order valence-electron chi connectivity index (χ3n) is 2.57. The summed E-state index contributed by atoms with van der Waals surface area (Å²) in [5.41, 5.74) is 5.95. The van der Waals surface area contributed by atoms with E-state index in [1.165, 1.54) is 0 Å². The van der Waals surface area contributed by atoms with Gasteiger partial charge in [-0.2, -0.15) is 0 Å². The number of nitrogens with zero attached hydrogens (tertiary/aromatic N) is 1. The Kier molecular flexibility index (Phi) is 5.81. The standard InChI is InChI=1S/C13H19N3O3/c1-16(7-6-12(17)15-13(14)18)9-10-4-3-5-11(8-10)19-2/h3-5,8H,6-7,9H2,1-2H3,(H3,14,15,17,18). The van der Waals surface area contributed by atoms with Crippen LogP contribution in [0.1, 0.15) is 12.0 Å².